The maximum absolute atomic E-state index is 10.9. The normalized spacial score (nSPS) is 52.3. The van der Waals surface area contributed by atoms with Gasteiger partial charge in [0.15, 0.2) is 0 Å². The van der Waals surface area contributed by atoms with Crippen LogP contribution in [0.15, 0.2) is 28.3 Å². The van der Waals surface area contributed by atoms with Gasteiger partial charge >= 0.3 is 0 Å². The molecule has 2 bridgehead atoms. The first-order chi connectivity index (χ1) is 12.8. The van der Waals surface area contributed by atoms with Crippen molar-refractivity contribution in [2.45, 2.75) is 74.9 Å². The number of hydrogen-bond acceptors (Lipinski definition) is 5. The number of likely N-dealkylation sites (N-methyl/N-ethyl adjacent to an activating group) is 1. The third-order valence-electron chi connectivity index (χ3n) is 8.52. The molecule has 1 saturated heterocycles. The Morgan fingerprint density at radius 1 is 1.26 bits per heavy atom. The van der Waals surface area contributed by atoms with Crippen molar-refractivity contribution in [2.75, 3.05) is 21.1 Å². The van der Waals surface area contributed by atoms with Gasteiger partial charge in [0.2, 0.25) is 0 Å². The molecule has 2 N–H and O–H groups in total. The first-order valence-corrected chi connectivity index (χ1v) is 10.4. The van der Waals surface area contributed by atoms with Gasteiger partial charge in [0, 0.05) is 30.1 Å². The van der Waals surface area contributed by atoms with E-state index in [0.29, 0.717) is 5.92 Å². The number of allylic oxidation sites excluding steroid dienone is 1. The van der Waals surface area contributed by atoms with Gasteiger partial charge in [-0.3, -0.25) is 4.99 Å². The highest BCUT2D eigenvalue weighted by Gasteiger charge is 2.67. The average molecular weight is 373 g/mol. The van der Waals surface area contributed by atoms with Crippen molar-refractivity contribution in [1.29, 1.82) is 0 Å². The van der Waals surface area contributed by atoms with Gasteiger partial charge in [-0.15, -0.1) is 0 Å². The van der Waals surface area contributed by atoms with Crippen LogP contribution in [0.4, 0.5) is 0 Å². The minimum atomic E-state index is -0.854. The lowest BCUT2D eigenvalue weighted by Crippen LogP contribution is -2.62. The molecule has 2 aliphatic heterocycles. The largest absolute Gasteiger partial charge is 0.388 e. The molecule has 2 saturated carbocycles. The molecule has 2 heterocycles. The second-order valence-electron chi connectivity index (χ2n) is 9.80. The Kier molecular flexibility index (Phi) is 3.70. The minimum absolute atomic E-state index is 0.0862. The summed E-state index contributed by atoms with van der Waals surface area (Å²) in [6.07, 6.45) is 8.74. The minimum Gasteiger partial charge on any atom is -0.388 e. The number of aliphatic imine (C=N–C) groups is 1. The lowest BCUT2D eigenvalue weighted by Gasteiger charge is -2.55. The molecule has 5 rings (SSSR count). The summed E-state index contributed by atoms with van der Waals surface area (Å²) in [5.74, 6) is 0.447. The van der Waals surface area contributed by atoms with E-state index in [1.807, 2.05) is 26.0 Å². The fourth-order valence-corrected chi connectivity index (χ4v) is 7.09. The Morgan fingerprint density at radius 2 is 2.04 bits per heavy atom. The predicted octanol–water partition coefficient (Wildman–Crippen LogP) is 2.09. The van der Waals surface area contributed by atoms with Crippen LogP contribution in [-0.2, 0) is 4.74 Å². The molecule has 2 spiro atoms. The third kappa shape index (κ3) is 2.06. The standard InChI is InChI=1S/C22H32N2O3/c1-20-8-7-13-11-14-18(25)19(26)15(24(3)4)12-21(14)9-10-22(13,27-21)16(20)5-6-17(20)23-2/h7,11,15-16,18-19,25-26H,5-6,8-10,12H2,1-4H3/b23-17+/t15-,16+,18+,19+,20-,21+,22+/m0/s1. The lowest BCUT2D eigenvalue weighted by molar-refractivity contribution is -0.161. The molecular formula is C22H32N2O3. The Bertz CT molecular complexity index is 772. The van der Waals surface area contributed by atoms with E-state index in [0.717, 1.165) is 44.1 Å². The van der Waals surface area contributed by atoms with Crippen LogP contribution in [0.2, 0.25) is 0 Å². The monoisotopic (exact) mass is 372 g/mol. The maximum atomic E-state index is 10.9. The van der Waals surface area contributed by atoms with Gasteiger partial charge in [0.05, 0.1) is 17.3 Å². The maximum Gasteiger partial charge on any atom is 0.105 e. The molecule has 0 unspecified atom stereocenters. The summed E-state index contributed by atoms with van der Waals surface area (Å²) in [5.41, 5.74) is 2.88. The van der Waals surface area contributed by atoms with E-state index >= 15 is 0 Å². The molecule has 0 aromatic heterocycles. The van der Waals surface area contributed by atoms with Crippen LogP contribution in [0.25, 0.3) is 0 Å². The molecule has 5 heteroatoms. The predicted molar refractivity (Wildman–Crippen MR) is 105 cm³/mol. The number of rotatable bonds is 1. The summed E-state index contributed by atoms with van der Waals surface area (Å²) < 4.78 is 7.06. The van der Waals surface area contributed by atoms with Crippen molar-refractivity contribution in [1.82, 2.24) is 4.90 Å². The van der Waals surface area contributed by atoms with Gasteiger partial charge in [-0.1, -0.05) is 19.1 Å². The fourth-order valence-electron chi connectivity index (χ4n) is 7.09. The molecule has 3 aliphatic carbocycles. The van der Waals surface area contributed by atoms with E-state index in [4.69, 9.17) is 4.74 Å². The molecular weight excluding hydrogens is 340 g/mol. The van der Waals surface area contributed by atoms with Crippen LogP contribution < -0.4 is 0 Å². The first-order valence-electron chi connectivity index (χ1n) is 10.4. The van der Waals surface area contributed by atoms with Gasteiger partial charge in [-0.05, 0) is 63.8 Å². The number of aliphatic hydroxyl groups excluding tert-OH is 2. The number of ether oxygens (including phenoxy) is 1. The molecule has 3 fully saturated rings. The van der Waals surface area contributed by atoms with Crippen LogP contribution in [0.1, 0.15) is 45.4 Å². The topological polar surface area (TPSA) is 65.3 Å². The van der Waals surface area contributed by atoms with E-state index in [9.17, 15) is 10.2 Å². The number of nitrogens with zero attached hydrogens (tertiary/aromatic N) is 2. The summed E-state index contributed by atoms with van der Waals surface area (Å²) in [5, 5.41) is 21.6. The molecule has 27 heavy (non-hydrogen) atoms. The van der Waals surface area contributed by atoms with Crippen molar-refractivity contribution in [2.24, 2.45) is 16.3 Å². The average Bonchev–Trinajstić information content (AvgIpc) is 3.14. The smallest absolute Gasteiger partial charge is 0.105 e. The Balaban J connectivity index is 1.63. The first kappa shape index (κ1) is 18.0. The zero-order chi connectivity index (χ0) is 19.2. The van der Waals surface area contributed by atoms with Gasteiger partial charge < -0.3 is 19.8 Å². The van der Waals surface area contributed by atoms with E-state index in [1.165, 1.54) is 11.3 Å². The van der Waals surface area contributed by atoms with Crippen molar-refractivity contribution in [3.05, 3.63) is 23.3 Å². The lowest BCUT2D eigenvalue weighted by atomic mass is 9.60. The molecule has 148 valence electrons. The van der Waals surface area contributed by atoms with Crippen LogP contribution in [0.5, 0.6) is 0 Å². The Hall–Kier alpha value is -1.01. The molecule has 7 atom stereocenters. The zero-order valence-corrected chi connectivity index (χ0v) is 16.9. The highest BCUT2D eigenvalue weighted by Crippen LogP contribution is 2.65. The zero-order valence-electron chi connectivity index (χ0n) is 16.9. The molecule has 0 radical (unpaired) electrons. The van der Waals surface area contributed by atoms with Crippen molar-refractivity contribution < 1.29 is 14.9 Å². The third-order valence-corrected chi connectivity index (χ3v) is 8.52. The summed E-state index contributed by atoms with van der Waals surface area (Å²) in [6, 6.07) is -0.0934. The van der Waals surface area contributed by atoms with Crippen LogP contribution >= 0.6 is 0 Å². The van der Waals surface area contributed by atoms with Crippen LogP contribution in [0, 0.1) is 11.3 Å². The SMILES string of the molecule is C/N=C1\CC[C@H]2[C@@]34CC[C@]5(C[C@H](N(C)C)[C@@H](O)[C@H](O)C5=CC3=CC[C@]12C)O4. The highest BCUT2D eigenvalue weighted by molar-refractivity contribution is 5.93. The van der Waals surface area contributed by atoms with E-state index in [2.05, 4.69) is 24.1 Å². The van der Waals surface area contributed by atoms with Gasteiger partial charge in [-0.2, -0.15) is 0 Å². The Morgan fingerprint density at radius 3 is 2.74 bits per heavy atom. The molecule has 5 nitrogen and oxygen atoms in total. The van der Waals surface area contributed by atoms with E-state index < -0.39 is 17.8 Å². The van der Waals surface area contributed by atoms with Crippen molar-refractivity contribution in [3.8, 4) is 0 Å². The molecule has 5 aliphatic rings. The summed E-state index contributed by atoms with van der Waals surface area (Å²) >= 11 is 0. The Labute approximate surface area is 161 Å². The van der Waals surface area contributed by atoms with Crippen LogP contribution in [-0.4, -0.2) is 71.4 Å². The number of fused-ring (bicyclic) bond motifs is 1. The molecule has 0 aromatic rings. The highest BCUT2D eigenvalue weighted by atomic mass is 16.5. The van der Waals surface area contributed by atoms with Crippen LogP contribution in [0.3, 0.4) is 0 Å². The molecule has 0 aromatic carbocycles. The second kappa shape index (κ2) is 5.53. The van der Waals surface area contributed by atoms with E-state index in [-0.39, 0.29) is 17.1 Å². The van der Waals surface area contributed by atoms with E-state index in [1.54, 1.807) is 0 Å². The second-order valence-corrected chi connectivity index (χ2v) is 9.80. The number of aliphatic hydroxyl groups is 2. The fraction of sp³-hybridized carbons (Fsp3) is 0.773. The van der Waals surface area contributed by atoms with Gasteiger partial charge in [0.25, 0.3) is 0 Å². The van der Waals surface area contributed by atoms with Gasteiger partial charge in [-0.25, -0.2) is 0 Å². The summed E-state index contributed by atoms with van der Waals surface area (Å²) in [7, 11) is 5.88. The van der Waals surface area contributed by atoms with Gasteiger partial charge in [0.1, 0.15) is 6.10 Å². The number of hydrogen-bond donors (Lipinski definition) is 2. The summed E-state index contributed by atoms with van der Waals surface area (Å²) in [4.78, 5) is 6.66. The van der Waals surface area contributed by atoms with Crippen molar-refractivity contribution >= 4 is 5.71 Å². The summed E-state index contributed by atoms with van der Waals surface area (Å²) in [6.45, 7) is 2.37. The molecule has 0 amide bonds. The quantitative estimate of drug-likeness (QED) is 0.740. The van der Waals surface area contributed by atoms with Crippen molar-refractivity contribution in [3.63, 3.8) is 0 Å².